The number of amides is 1. The Kier molecular flexibility index (Phi) is 5.41. The van der Waals surface area contributed by atoms with Crippen LogP contribution in [0.4, 0.5) is 0 Å². The van der Waals surface area contributed by atoms with Crippen LogP contribution in [0.2, 0.25) is 0 Å². The van der Waals surface area contributed by atoms with Crippen molar-refractivity contribution in [3.8, 4) is 5.75 Å². The first-order valence-corrected chi connectivity index (χ1v) is 7.35. The van der Waals surface area contributed by atoms with E-state index in [-0.39, 0.29) is 5.91 Å². The Morgan fingerprint density at radius 3 is 2.50 bits per heavy atom. The fraction of sp³-hybridized carbons (Fsp3) is 0.562. The zero-order valence-corrected chi connectivity index (χ0v) is 12.4. The lowest BCUT2D eigenvalue weighted by molar-refractivity contribution is -0.132. The first-order valence-electron chi connectivity index (χ1n) is 7.35. The van der Waals surface area contributed by atoms with Gasteiger partial charge in [-0.1, -0.05) is 6.07 Å². The van der Waals surface area contributed by atoms with E-state index in [0.717, 1.165) is 38.3 Å². The lowest BCUT2D eigenvalue weighted by Crippen LogP contribution is -2.46. The van der Waals surface area contributed by atoms with Gasteiger partial charge in [-0.15, -0.1) is 0 Å². The number of ether oxygens (including phenoxy) is 1. The maximum absolute atomic E-state index is 12.0. The maximum Gasteiger partial charge on any atom is 0.222 e. The van der Waals surface area contributed by atoms with Gasteiger partial charge in [-0.05, 0) is 43.5 Å². The third-order valence-electron chi connectivity index (χ3n) is 3.47. The van der Waals surface area contributed by atoms with E-state index in [9.17, 15) is 4.79 Å². The van der Waals surface area contributed by atoms with Crippen molar-refractivity contribution in [1.82, 2.24) is 10.2 Å². The molecule has 4 nitrogen and oxygen atoms in total. The average Bonchev–Trinajstić information content (AvgIpc) is 2.43. The van der Waals surface area contributed by atoms with Crippen LogP contribution in [0.5, 0.6) is 5.75 Å². The second kappa shape index (κ2) is 7.29. The standard InChI is InChI=1S/C16H24N2O2/c1-13-10-14(2)12-15(11-13)20-9-3-4-16(19)18-7-5-17-6-8-18/h10-12,17H,3-9H2,1-2H3. The molecule has 0 unspecified atom stereocenters. The van der Waals surface area contributed by atoms with Gasteiger partial charge in [0.15, 0.2) is 0 Å². The quantitative estimate of drug-likeness (QED) is 0.835. The summed E-state index contributed by atoms with van der Waals surface area (Å²) >= 11 is 0. The Morgan fingerprint density at radius 2 is 1.85 bits per heavy atom. The van der Waals surface area contributed by atoms with Crippen LogP contribution in [-0.4, -0.2) is 43.6 Å². The number of nitrogens with zero attached hydrogens (tertiary/aromatic N) is 1. The number of aryl methyl sites for hydroxylation is 2. The first-order chi connectivity index (χ1) is 9.65. The fourth-order valence-electron chi connectivity index (χ4n) is 2.50. The molecule has 1 aromatic rings. The molecule has 1 amide bonds. The van der Waals surface area contributed by atoms with Crippen molar-refractivity contribution in [2.75, 3.05) is 32.8 Å². The van der Waals surface area contributed by atoms with Crippen molar-refractivity contribution in [2.45, 2.75) is 26.7 Å². The molecule has 1 heterocycles. The van der Waals surface area contributed by atoms with E-state index in [1.54, 1.807) is 0 Å². The van der Waals surface area contributed by atoms with Crippen molar-refractivity contribution in [2.24, 2.45) is 0 Å². The van der Waals surface area contributed by atoms with Gasteiger partial charge in [0.05, 0.1) is 6.61 Å². The van der Waals surface area contributed by atoms with Crippen LogP contribution in [-0.2, 0) is 4.79 Å². The average molecular weight is 276 g/mol. The molecule has 110 valence electrons. The summed E-state index contributed by atoms with van der Waals surface area (Å²) in [6.45, 7) is 8.20. The molecule has 1 aliphatic heterocycles. The first kappa shape index (κ1) is 14.9. The summed E-state index contributed by atoms with van der Waals surface area (Å²) in [6, 6.07) is 6.19. The Balaban J connectivity index is 1.69. The molecule has 1 fully saturated rings. The molecule has 0 saturated carbocycles. The second-order valence-electron chi connectivity index (χ2n) is 5.41. The number of benzene rings is 1. The van der Waals surface area contributed by atoms with E-state index in [4.69, 9.17) is 4.74 Å². The van der Waals surface area contributed by atoms with Gasteiger partial charge >= 0.3 is 0 Å². The van der Waals surface area contributed by atoms with Crippen LogP contribution >= 0.6 is 0 Å². The van der Waals surface area contributed by atoms with Gasteiger partial charge in [-0.2, -0.15) is 0 Å². The van der Waals surface area contributed by atoms with Gasteiger partial charge in [0.1, 0.15) is 5.75 Å². The predicted octanol–water partition coefficient (Wildman–Crippen LogP) is 1.89. The largest absolute Gasteiger partial charge is 0.494 e. The molecular formula is C16H24N2O2. The monoisotopic (exact) mass is 276 g/mol. The van der Waals surface area contributed by atoms with Gasteiger partial charge in [-0.3, -0.25) is 4.79 Å². The third kappa shape index (κ3) is 4.53. The summed E-state index contributed by atoms with van der Waals surface area (Å²) in [5.74, 6) is 1.15. The van der Waals surface area contributed by atoms with Crippen molar-refractivity contribution in [3.63, 3.8) is 0 Å². The molecule has 0 bridgehead atoms. The minimum absolute atomic E-state index is 0.246. The van der Waals surface area contributed by atoms with E-state index < -0.39 is 0 Å². The van der Waals surface area contributed by atoms with E-state index in [1.165, 1.54) is 11.1 Å². The van der Waals surface area contributed by atoms with Gasteiger partial charge in [0, 0.05) is 32.6 Å². The smallest absolute Gasteiger partial charge is 0.222 e. The van der Waals surface area contributed by atoms with Crippen molar-refractivity contribution >= 4 is 5.91 Å². The SMILES string of the molecule is Cc1cc(C)cc(OCCCC(=O)N2CCNCC2)c1. The summed E-state index contributed by atoms with van der Waals surface area (Å²) in [5.41, 5.74) is 2.41. The summed E-state index contributed by atoms with van der Waals surface area (Å²) < 4.78 is 5.72. The molecule has 4 heteroatoms. The minimum Gasteiger partial charge on any atom is -0.494 e. The zero-order chi connectivity index (χ0) is 14.4. The molecule has 0 spiro atoms. The summed E-state index contributed by atoms with van der Waals surface area (Å²) in [6.07, 6.45) is 1.35. The van der Waals surface area contributed by atoms with E-state index >= 15 is 0 Å². The van der Waals surface area contributed by atoms with Crippen molar-refractivity contribution < 1.29 is 9.53 Å². The number of nitrogens with one attached hydrogen (secondary N) is 1. The Morgan fingerprint density at radius 1 is 1.20 bits per heavy atom. The van der Waals surface area contributed by atoms with E-state index in [0.29, 0.717) is 13.0 Å². The molecule has 1 aromatic carbocycles. The number of carbonyl (C=O) groups excluding carboxylic acids is 1. The van der Waals surface area contributed by atoms with Crippen molar-refractivity contribution in [1.29, 1.82) is 0 Å². The summed E-state index contributed by atoms with van der Waals surface area (Å²) in [4.78, 5) is 13.9. The summed E-state index contributed by atoms with van der Waals surface area (Å²) in [7, 11) is 0. The molecule has 1 N–H and O–H groups in total. The van der Waals surface area contributed by atoms with Gasteiger partial charge < -0.3 is 15.0 Å². The van der Waals surface area contributed by atoms with Gasteiger partial charge in [0.2, 0.25) is 5.91 Å². The fourth-order valence-corrected chi connectivity index (χ4v) is 2.50. The van der Waals surface area contributed by atoms with Crippen LogP contribution in [0.15, 0.2) is 18.2 Å². The minimum atomic E-state index is 0.246. The predicted molar refractivity (Wildman–Crippen MR) is 80.1 cm³/mol. The van der Waals surface area contributed by atoms with Crippen LogP contribution < -0.4 is 10.1 Å². The molecule has 20 heavy (non-hydrogen) atoms. The molecular weight excluding hydrogens is 252 g/mol. The van der Waals surface area contributed by atoms with Crippen LogP contribution in [0.25, 0.3) is 0 Å². The Hall–Kier alpha value is -1.55. The highest BCUT2D eigenvalue weighted by Gasteiger charge is 2.15. The topological polar surface area (TPSA) is 41.6 Å². The zero-order valence-electron chi connectivity index (χ0n) is 12.4. The van der Waals surface area contributed by atoms with E-state index in [2.05, 4.69) is 25.2 Å². The molecule has 0 aliphatic carbocycles. The molecule has 1 aliphatic rings. The van der Waals surface area contributed by atoms with Crippen LogP contribution in [0.3, 0.4) is 0 Å². The lowest BCUT2D eigenvalue weighted by Gasteiger charge is -2.27. The number of rotatable bonds is 5. The highest BCUT2D eigenvalue weighted by Crippen LogP contribution is 2.16. The number of carbonyl (C=O) groups is 1. The number of hydrogen-bond acceptors (Lipinski definition) is 3. The third-order valence-corrected chi connectivity index (χ3v) is 3.47. The van der Waals surface area contributed by atoms with E-state index in [1.807, 2.05) is 17.0 Å². The molecule has 1 saturated heterocycles. The Bertz CT molecular complexity index is 434. The molecule has 0 aromatic heterocycles. The van der Waals surface area contributed by atoms with Gasteiger partial charge in [-0.25, -0.2) is 0 Å². The second-order valence-corrected chi connectivity index (χ2v) is 5.41. The maximum atomic E-state index is 12.0. The highest BCUT2D eigenvalue weighted by atomic mass is 16.5. The highest BCUT2D eigenvalue weighted by molar-refractivity contribution is 5.76. The van der Waals surface area contributed by atoms with Crippen LogP contribution in [0, 0.1) is 13.8 Å². The molecule has 2 rings (SSSR count). The number of hydrogen-bond donors (Lipinski definition) is 1. The molecule has 0 radical (unpaired) electrons. The lowest BCUT2D eigenvalue weighted by atomic mass is 10.1. The normalized spacial score (nSPS) is 15.2. The molecule has 0 atom stereocenters. The van der Waals surface area contributed by atoms with Gasteiger partial charge in [0.25, 0.3) is 0 Å². The Labute approximate surface area is 121 Å². The van der Waals surface area contributed by atoms with Crippen molar-refractivity contribution in [3.05, 3.63) is 29.3 Å². The number of piperazine rings is 1. The van der Waals surface area contributed by atoms with Crippen LogP contribution in [0.1, 0.15) is 24.0 Å². The summed E-state index contributed by atoms with van der Waals surface area (Å²) in [5, 5.41) is 3.25.